The maximum Gasteiger partial charge on any atom is 0.181 e. The summed E-state index contributed by atoms with van der Waals surface area (Å²) in [6, 6.07) is 7.01. The normalized spacial score (nSPS) is 15.3. The summed E-state index contributed by atoms with van der Waals surface area (Å²) in [6.45, 7) is 6.65. The van der Waals surface area contributed by atoms with Crippen LogP contribution in [0.2, 0.25) is 0 Å². The van der Waals surface area contributed by atoms with Crippen molar-refractivity contribution in [1.29, 1.82) is 0 Å². The Morgan fingerprint density at radius 3 is 2.28 bits per heavy atom. The van der Waals surface area contributed by atoms with E-state index >= 15 is 0 Å². The van der Waals surface area contributed by atoms with Gasteiger partial charge in [0.25, 0.3) is 0 Å². The molecule has 0 amide bonds. The van der Waals surface area contributed by atoms with Gasteiger partial charge in [0.1, 0.15) is 0 Å². The molecule has 3 nitrogen and oxygen atoms in total. The molecule has 18 heavy (non-hydrogen) atoms. The van der Waals surface area contributed by atoms with Gasteiger partial charge in [0.2, 0.25) is 0 Å². The molecule has 0 aliphatic carbocycles. The standard InChI is InChI=1S/C13H20BrNO2S/c1-4-15-10(2)9-11(3)18(16,17)13-7-5-12(14)6-8-13/h5-8,10-11,15H,4,9H2,1-3H3. The van der Waals surface area contributed by atoms with Crippen molar-refractivity contribution < 1.29 is 8.42 Å². The zero-order chi connectivity index (χ0) is 13.8. The van der Waals surface area contributed by atoms with Crippen LogP contribution in [0.4, 0.5) is 0 Å². The molecule has 0 radical (unpaired) electrons. The first kappa shape index (κ1) is 15.7. The van der Waals surface area contributed by atoms with Crippen molar-refractivity contribution in [2.75, 3.05) is 6.54 Å². The first-order valence-corrected chi connectivity index (χ1v) is 8.44. The van der Waals surface area contributed by atoms with E-state index in [9.17, 15) is 8.42 Å². The van der Waals surface area contributed by atoms with Crippen LogP contribution in [-0.2, 0) is 9.84 Å². The van der Waals surface area contributed by atoms with Crippen LogP contribution >= 0.6 is 15.9 Å². The van der Waals surface area contributed by atoms with Gasteiger partial charge in [-0.3, -0.25) is 0 Å². The van der Waals surface area contributed by atoms with Crippen molar-refractivity contribution in [3.05, 3.63) is 28.7 Å². The molecule has 0 saturated carbocycles. The van der Waals surface area contributed by atoms with Crippen LogP contribution in [0.5, 0.6) is 0 Å². The molecule has 0 spiro atoms. The fourth-order valence-corrected chi connectivity index (χ4v) is 3.70. The summed E-state index contributed by atoms with van der Waals surface area (Å²) < 4.78 is 25.6. The average Bonchev–Trinajstić information content (AvgIpc) is 2.29. The van der Waals surface area contributed by atoms with Crippen LogP contribution in [0.1, 0.15) is 27.2 Å². The van der Waals surface area contributed by atoms with Gasteiger partial charge in [-0.1, -0.05) is 22.9 Å². The zero-order valence-corrected chi connectivity index (χ0v) is 13.4. The highest BCUT2D eigenvalue weighted by atomic mass is 79.9. The van der Waals surface area contributed by atoms with Crippen LogP contribution in [-0.4, -0.2) is 26.3 Å². The second kappa shape index (κ2) is 6.68. The number of benzene rings is 1. The number of nitrogens with one attached hydrogen (secondary N) is 1. The SMILES string of the molecule is CCNC(C)CC(C)S(=O)(=O)c1ccc(Br)cc1. The average molecular weight is 334 g/mol. The molecule has 5 heteroatoms. The third kappa shape index (κ3) is 4.07. The molecule has 0 fully saturated rings. The highest BCUT2D eigenvalue weighted by Crippen LogP contribution is 2.21. The van der Waals surface area contributed by atoms with Crippen molar-refractivity contribution in [3.8, 4) is 0 Å². The minimum absolute atomic E-state index is 0.204. The van der Waals surface area contributed by atoms with Gasteiger partial charge < -0.3 is 5.32 Å². The van der Waals surface area contributed by atoms with Crippen LogP contribution in [0.15, 0.2) is 33.6 Å². The molecule has 0 bridgehead atoms. The van der Waals surface area contributed by atoms with Crippen LogP contribution < -0.4 is 5.32 Å². The molecule has 0 heterocycles. The van der Waals surface area contributed by atoms with Gasteiger partial charge in [-0.25, -0.2) is 8.42 Å². The molecule has 2 unspecified atom stereocenters. The first-order chi connectivity index (χ1) is 8.37. The first-order valence-electron chi connectivity index (χ1n) is 6.10. The quantitative estimate of drug-likeness (QED) is 0.870. The van der Waals surface area contributed by atoms with Crippen molar-refractivity contribution in [3.63, 3.8) is 0 Å². The molecule has 102 valence electrons. The van der Waals surface area contributed by atoms with Gasteiger partial charge in [-0.2, -0.15) is 0 Å². The Balaban J connectivity index is 2.83. The summed E-state index contributed by atoms with van der Waals surface area (Å²) in [6.07, 6.45) is 0.617. The predicted octanol–water partition coefficient (Wildman–Crippen LogP) is 3.00. The van der Waals surface area contributed by atoms with Crippen molar-refractivity contribution >= 4 is 25.8 Å². The van der Waals surface area contributed by atoms with Gasteiger partial charge in [-0.05, 0) is 51.1 Å². The van der Waals surface area contributed by atoms with Crippen molar-refractivity contribution in [2.45, 2.75) is 43.4 Å². The van der Waals surface area contributed by atoms with Gasteiger partial charge in [0.15, 0.2) is 9.84 Å². The molecule has 1 aromatic carbocycles. The minimum Gasteiger partial charge on any atom is -0.314 e. The number of sulfone groups is 1. The summed E-state index contributed by atoms with van der Waals surface area (Å²) in [5, 5.41) is 2.86. The minimum atomic E-state index is -3.23. The topological polar surface area (TPSA) is 46.2 Å². The Morgan fingerprint density at radius 2 is 1.78 bits per heavy atom. The van der Waals surface area contributed by atoms with Gasteiger partial charge in [0.05, 0.1) is 10.1 Å². The Labute approximate surface area is 118 Å². The highest BCUT2D eigenvalue weighted by molar-refractivity contribution is 9.10. The fourth-order valence-electron chi connectivity index (χ4n) is 1.91. The Kier molecular flexibility index (Phi) is 5.82. The van der Waals surface area contributed by atoms with E-state index in [1.54, 1.807) is 31.2 Å². The maximum absolute atomic E-state index is 12.3. The monoisotopic (exact) mass is 333 g/mol. The van der Waals surface area contributed by atoms with E-state index in [0.717, 1.165) is 11.0 Å². The molecule has 0 saturated heterocycles. The molecule has 0 aliphatic heterocycles. The molecule has 0 aromatic heterocycles. The van der Waals surface area contributed by atoms with E-state index in [-0.39, 0.29) is 11.3 Å². The highest BCUT2D eigenvalue weighted by Gasteiger charge is 2.24. The summed E-state index contributed by atoms with van der Waals surface area (Å²) in [5.74, 6) is 0. The lowest BCUT2D eigenvalue weighted by Gasteiger charge is -2.18. The third-order valence-electron chi connectivity index (χ3n) is 2.91. The number of halogens is 1. The van der Waals surface area contributed by atoms with E-state index in [0.29, 0.717) is 11.3 Å². The van der Waals surface area contributed by atoms with Crippen molar-refractivity contribution in [1.82, 2.24) is 5.32 Å². The Hall–Kier alpha value is -0.390. The third-order valence-corrected chi connectivity index (χ3v) is 5.62. The second-order valence-corrected chi connectivity index (χ2v) is 7.79. The lowest BCUT2D eigenvalue weighted by molar-refractivity contribution is 0.509. The zero-order valence-electron chi connectivity index (χ0n) is 11.0. The lowest BCUT2D eigenvalue weighted by Crippen LogP contribution is -2.32. The van der Waals surface area contributed by atoms with Crippen molar-refractivity contribution in [2.24, 2.45) is 0 Å². The maximum atomic E-state index is 12.3. The van der Waals surface area contributed by atoms with Crippen LogP contribution in [0.25, 0.3) is 0 Å². The largest absolute Gasteiger partial charge is 0.314 e. The lowest BCUT2D eigenvalue weighted by atomic mass is 10.2. The second-order valence-electron chi connectivity index (χ2n) is 4.50. The smallest absolute Gasteiger partial charge is 0.181 e. The molecular formula is C13H20BrNO2S. The van der Waals surface area contributed by atoms with Crippen LogP contribution in [0.3, 0.4) is 0 Å². The Morgan fingerprint density at radius 1 is 1.22 bits per heavy atom. The number of hydrogen-bond acceptors (Lipinski definition) is 3. The predicted molar refractivity (Wildman–Crippen MR) is 78.5 cm³/mol. The summed E-state index contributed by atoms with van der Waals surface area (Å²) in [5.41, 5.74) is 0. The molecular weight excluding hydrogens is 314 g/mol. The van der Waals surface area contributed by atoms with Gasteiger partial charge in [-0.15, -0.1) is 0 Å². The summed E-state index contributed by atoms with van der Waals surface area (Å²) in [7, 11) is -3.23. The van der Waals surface area contributed by atoms with E-state index in [1.807, 2.05) is 13.8 Å². The van der Waals surface area contributed by atoms with E-state index in [1.165, 1.54) is 0 Å². The van der Waals surface area contributed by atoms with E-state index in [2.05, 4.69) is 21.2 Å². The summed E-state index contributed by atoms with van der Waals surface area (Å²) in [4.78, 5) is 0.391. The molecule has 1 rings (SSSR count). The van der Waals surface area contributed by atoms with Gasteiger partial charge in [0, 0.05) is 10.5 Å². The Bertz CT molecular complexity index is 470. The summed E-state index contributed by atoms with van der Waals surface area (Å²) >= 11 is 3.31. The molecule has 1 aromatic rings. The number of rotatable bonds is 6. The number of hydrogen-bond donors (Lipinski definition) is 1. The fraction of sp³-hybridized carbons (Fsp3) is 0.538. The van der Waals surface area contributed by atoms with E-state index in [4.69, 9.17) is 0 Å². The molecule has 2 atom stereocenters. The van der Waals surface area contributed by atoms with Crippen LogP contribution in [0, 0.1) is 0 Å². The molecule has 1 N–H and O–H groups in total. The molecule has 0 aliphatic rings. The van der Waals surface area contributed by atoms with Gasteiger partial charge >= 0.3 is 0 Å². The van der Waals surface area contributed by atoms with E-state index < -0.39 is 9.84 Å².